The van der Waals surface area contributed by atoms with E-state index in [-0.39, 0.29) is 32.7 Å². The number of azo groups is 1. The molecule has 0 spiro atoms. The standard InChI is InChI=1S/C3H4N3.Y/c1-2-5-6-3-4;/h1-4H;/q-1;. The van der Waals surface area contributed by atoms with E-state index in [4.69, 9.17) is 12.0 Å². The average Bonchev–Trinajstić information content (AvgIpc) is 1.61. The van der Waals surface area contributed by atoms with Crippen molar-refractivity contribution in [3.8, 4) is 0 Å². The predicted octanol–water partition coefficient (Wildman–Crippen LogP) is 0.990. The zero-order valence-electron chi connectivity index (χ0n) is 3.70. The molecule has 35 valence electrons. The molecule has 0 bridgehead atoms. The minimum absolute atomic E-state index is 0. The first kappa shape index (κ1) is 10.2. The van der Waals surface area contributed by atoms with E-state index in [9.17, 15) is 0 Å². The maximum atomic E-state index is 6.24. The van der Waals surface area contributed by atoms with Gasteiger partial charge in [-0.3, -0.25) is 5.41 Å². The molecule has 0 aliphatic carbocycles. The van der Waals surface area contributed by atoms with Crippen LogP contribution in [0.5, 0.6) is 0 Å². The molecule has 0 atom stereocenters. The monoisotopic (exact) mass is 171 g/mol. The molecule has 0 saturated carbocycles. The van der Waals surface area contributed by atoms with E-state index in [1.54, 1.807) is 0 Å². The first-order valence-electron chi connectivity index (χ1n) is 1.34. The van der Waals surface area contributed by atoms with E-state index < -0.39 is 0 Å². The summed E-state index contributed by atoms with van der Waals surface area (Å²) < 4.78 is 0. The predicted molar refractivity (Wildman–Crippen MR) is 22.5 cm³/mol. The molecule has 0 fully saturated rings. The number of hydrogen-bond donors (Lipinski definition) is 1. The average molecular weight is 171 g/mol. The van der Waals surface area contributed by atoms with Crippen LogP contribution in [0.3, 0.4) is 0 Å². The maximum Gasteiger partial charge on any atom is 0.129 e. The fourth-order valence-electron chi connectivity index (χ4n) is 0.0718. The van der Waals surface area contributed by atoms with Gasteiger partial charge in [-0.1, -0.05) is 0 Å². The Balaban J connectivity index is 0. The van der Waals surface area contributed by atoms with Crippen molar-refractivity contribution in [2.75, 3.05) is 0 Å². The van der Waals surface area contributed by atoms with Crippen molar-refractivity contribution < 1.29 is 32.7 Å². The third-order valence-electron chi connectivity index (χ3n) is 0.191. The summed E-state index contributed by atoms with van der Waals surface area (Å²) >= 11 is 0. The van der Waals surface area contributed by atoms with Crippen LogP contribution in [0, 0.1) is 12.0 Å². The van der Waals surface area contributed by atoms with Crippen molar-refractivity contribution in [3.05, 3.63) is 12.8 Å². The van der Waals surface area contributed by atoms with Crippen LogP contribution in [0.2, 0.25) is 0 Å². The number of hydrogen-bond acceptors (Lipinski definition) is 2. The van der Waals surface area contributed by atoms with Gasteiger partial charge in [-0.05, 0) is 0 Å². The zero-order valence-corrected chi connectivity index (χ0v) is 6.54. The summed E-state index contributed by atoms with van der Waals surface area (Å²) in [6.07, 6.45) is 1.83. The summed E-state index contributed by atoms with van der Waals surface area (Å²) in [7, 11) is 0. The Bertz CT molecular complexity index is 68.2. The van der Waals surface area contributed by atoms with Crippen molar-refractivity contribution in [3.63, 3.8) is 0 Å². The molecule has 0 aromatic rings. The van der Waals surface area contributed by atoms with Crippen LogP contribution in [-0.4, -0.2) is 6.34 Å². The molecule has 0 heterocycles. The van der Waals surface area contributed by atoms with Gasteiger partial charge in [0.05, 0.1) is 0 Å². The first-order chi connectivity index (χ1) is 2.91. The maximum absolute atomic E-state index is 6.24. The molecule has 0 aromatic carbocycles. The third kappa shape index (κ3) is 10.7. The molecule has 1 N–H and O–H groups in total. The van der Waals surface area contributed by atoms with Crippen molar-refractivity contribution in [1.82, 2.24) is 0 Å². The van der Waals surface area contributed by atoms with Gasteiger partial charge in [0.15, 0.2) is 0 Å². The smallest absolute Gasteiger partial charge is 0.129 e. The molecule has 0 rings (SSSR count). The Kier molecular flexibility index (Phi) is 13.7. The van der Waals surface area contributed by atoms with Crippen LogP contribution >= 0.6 is 0 Å². The summed E-state index contributed by atoms with van der Waals surface area (Å²) in [5.41, 5.74) is 0. The molecule has 0 aliphatic heterocycles. The van der Waals surface area contributed by atoms with Crippen LogP contribution in [0.25, 0.3) is 0 Å². The van der Waals surface area contributed by atoms with Gasteiger partial charge in [0.1, 0.15) is 6.34 Å². The van der Waals surface area contributed by atoms with E-state index in [0.717, 1.165) is 12.5 Å². The topological polar surface area (TPSA) is 48.6 Å². The second-order valence-corrected chi connectivity index (χ2v) is 0.509. The molecule has 0 amide bonds. The minimum Gasteiger partial charge on any atom is -0.493 e. The van der Waals surface area contributed by atoms with Crippen molar-refractivity contribution in [2.24, 2.45) is 10.2 Å². The normalized spacial score (nSPS) is 7.43. The molecular formula is C3H4N3Y-. The van der Waals surface area contributed by atoms with Gasteiger partial charge >= 0.3 is 0 Å². The second kappa shape index (κ2) is 9.45. The Morgan fingerprint density at radius 2 is 2.00 bits per heavy atom. The first-order valence-corrected chi connectivity index (χ1v) is 1.34. The summed E-state index contributed by atoms with van der Waals surface area (Å²) in [6, 6.07) is 0. The SMILES string of the molecule is [CH-]=CN=NC=N.[Y]. The van der Waals surface area contributed by atoms with E-state index in [1.165, 1.54) is 0 Å². The van der Waals surface area contributed by atoms with Crippen molar-refractivity contribution >= 4 is 6.34 Å². The fraction of sp³-hybridized carbons (Fsp3) is 0. The van der Waals surface area contributed by atoms with Crippen LogP contribution in [0.4, 0.5) is 0 Å². The molecule has 7 heavy (non-hydrogen) atoms. The van der Waals surface area contributed by atoms with Gasteiger partial charge in [0, 0.05) is 32.7 Å². The van der Waals surface area contributed by atoms with Gasteiger partial charge in [-0.15, -0.1) is 11.3 Å². The molecule has 3 nitrogen and oxygen atoms in total. The fourth-order valence-corrected chi connectivity index (χ4v) is 0.0718. The largest absolute Gasteiger partial charge is 0.493 e. The summed E-state index contributed by atoms with van der Waals surface area (Å²) in [5.74, 6) is 0. The number of nitrogens with zero attached hydrogens (tertiary/aromatic N) is 2. The van der Waals surface area contributed by atoms with Crippen LogP contribution in [0.1, 0.15) is 0 Å². The van der Waals surface area contributed by atoms with Crippen molar-refractivity contribution in [2.45, 2.75) is 0 Å². The zero-order chi connectivity index (χ0) is 4.83. The molecule has 0 aliphatic rings. The molecule has 0 unspecified atom stereocenters. The number of rotatable bonds is 2. The molecule has 0 saturated heterocycles. The summed E-state index contributed by atoms with van der Waals surface area (Å²) in [4.78, 5) is 0. The Morgan fingerprint density at radius 1 is 1.43 bits per heavy atom. The van der Waals surface area contributed by atoms with E-state index >= 15 is 0 Å². The van der Waals surface area contributed by atoms with Gasteiger partial charge in [-0.25, -0.2) is 0 Å². The Morgan fingerprint density at radius 3 is 2.14 bits per heavy atom. The van der Waals surface area contributed by atoms with Crippen molar-refractivity contribution in [1.29, 1.82) is 5.41 Å². The molecular weight excluding hydrogens is 167 g/mol. The second-order valence-electron chi connectivity index (χ2n) is 0.509. The quantitative estimate of drug-likeness (QED) is 0.278. The van der Waals surface area contributed by atoms with Crippen LogP contribution < -0.4 is 0 Å². The molecule has 4 heteroatoms. The Hall–Kier alpha value is 0.114. The third-order valence-corrected chi connectivity index (χ3v) is 0.191. The van der Waals surface area contributed by atoms with Gasteiger partial charge in [0.25, 0.3) is 0 Å². The Labute approximate surface area is 67.3 Å². The van der Waals surface area contributed by atoms with Gasteiger partial charge < -0.3 is 6.58 Å². The van der Waals surface area contributed by atoms with E-state index in [2.05, 4.69) is 10.2 Å². The van der Waals surface area contributed by atoms with Crippen LogP contribution in [0.15, 0.2) is 16.4 Å². The van der Waals surface area contributed by atoms with E-state index in [0.29, 0.717) is 0 Å². The van der Waals surface area contributed by atoms with E-state index in [1.807, 2.05) is 0 Å². The summed E-state index contributed by atoms with van der Waals surface area (Å²) in [5, 5.41) is 12.4. The van der Waals surface area contributed by atoms with Gasteiger partial charge in [0.2, 0.25) is 0 Å². The molecule has 1 radical (unpaired) electrons. The summed E-state index contributed by atoms with van der Waals surface area (Å²) in [6.45, 7) is 4.73. The minimum atomic E-state index is 0. The van der Waals surface area contributed by atoms with Gasteiger partial charge in [-0.2, -0.15) is 5.11 Å². The number of nitrogens with one attached hydrogen (secondary N) is 1. The molecule has 0 aromatic heterocycles. The van der Waals surface area contributed by atoms with Crippen LogP contribution in [-0.2, 0) is 32.7 Å².